The molecule has 1 N–H and O–H groups in total. The van der Waals surface area contributed by atoms with Crippen LogP contribution in [0.15, 0.2) is 42.5 Å². The molecule has 0 fully saturated rings. The van der Waals surface area contributed by atoms with E-state index < -0.39 is 10.8 Å². The Hall–Kier alpha value is -3.53. The SMILES string of the molecule is COc1ccc(-n2nnnc2CNC(=O)c2cc([N+](=O)[O-])ccc2Cl)cc1. The van der Waals surface area contributed by atoms with Crippen molar-refractivity contribution in [2.75, 3.05) is 7.11 Å². The lowest BCUT2D eigenvalue weighted by molar-refractivity contribution is -0.384. The molecule has 3 aromatic rings. The monoisotopic (exact) mass is 388 g/mol. The molecule has 11 heteroatoms. The largest absolute Gasteiger partial charge is 0.497 e. The number of aromatic nitrogens is 4. The van der Waals surface area contributed by atoms with Gasteiger partial charge < -0.3 is 10.1 Å². The molecule has 0 unspecified atom stereocenters. The maximum absolute atomic E-state index is 12.4. The topological polar surface area (TPSA) is 125 Å². The van der Waals surface area contributed by atoms with Gasteiger partial charge in [-0.1, -0.05) is 11.6 Å². The maximum Gasteiger partial charge on any atom is 0.270 e. The number of nitrogens with zero attached hydrogens (tertiary/aromatic N) is 5. The summed E-state index contributed by atoms with van der Waals surface area (Å²) < 4.78 is 6.56. The van der Waals surface area contributed by atoms with E-state index >= 15 is 0 Å². The molecule has 0 radical (unpaired) electrons. The molecule has 1 amide bonds. The van der Waals surface area contributed by atoms with Crippen LogP contribution in [0.5, 0.6) is 5.75 Å². The molecule has 10 nitrogen and oxygen atoms in total. The van der Waals surface area contributed by atoms with Gasteiger partial charge in [-0.05, 0) is 40.8 Å². The quantitative estimate of drug-likeness (QED) is 0.506. The van der Waals surface area contributed by atoms with E-state index in [1.807, 2.05) is 0 Å². The fourth-order valence-electron chi connectivity index (χ4n) is 2.30. The summed E-state index contributed by atoms with van der Waals surface area (Å²) >= 11 is 5.97. The minimum Gasteiger partial charge on any atom is -0.497 e. The zero-order valence-electron chi connectivity index (χ0n) is 14.0. The van der Waals surface area contributed by atoms with E-state index in [9.17, 15) is 14.9 Å². The number of non-ortho nitro benzene ring substituents is 1. The first-order valence-electron chi connectivity index (χ1n) is 7.63. The molecule has 0 saturated carbocycles. The van der Waals surface area contributed by atoms with Gasteiger partial charge in [0.25, 0.3) is 11.6 Å². The van der Waals surface area contributed by atoms with Gasteiger partial charge in [0.2, 0.25) is 0 Å². The molecule has 0 atom stereocenters. The molecule has 27 heavy (non-hydrogen) atoms. The summed E-state index contributed by atoms with van der Waals surface area (Å²) in [6, 6.07) is 10.7. The third-order valence-corrected chi connectivity index (χ3v) is 3.99. The minimum atomic E-state index is -0.600. The second-order valence-corrected chi connectivity index (χ2v) is 5.72. The van der Waals surface area contributed by atoms with E-state index in [4.69, 9.17) is 16.3 Å². The Kier molecular flexibility index (Phi) is 5.27. The van der Waals surface area contributed by atoms with Crippen LogP contribution in [0.4, 0.5) is 5.69 Å². The van der Waals surface area contributed by atoms with Crippen LogP contribution in [0, 0.1) is 10.1 Å². The van der Waals surface area contributed by atoms with Gasteiger partial charge in [0.1, 0.15) is 5.75 Å². The molecule has 1 aromatic heterocycles. The van der Waals surface area contributed by atoms with E-state index in [0.717, 1.165) is 6.07 Å². The highest BCUT2D eigenvalue weighted by Gasteiger charge is 2.17. The number of rotatable bonds is 6. The first kappa shape index (κ1) is 18.3. The van der Waals surface area contributed by atoms with Crippen LogP contribution < -0.4 is 10.1 Å². The number of nitro benzene ring substituents is 1. The summed E-state index contributed by atoms with van der Waals surface area (Å²) in [5.41, 5.74) is 0.445. The van der Waals surface area contributed by atoms with Crippen molar-refractivity contribution in [3.63, 3.8) is 0 Å². The number of carbonyl (C=O) groups is 1. The highest BCUT2D eigenvalue weighted by atomic mass is 35.5. The number of hydrogen-bond donors (Lipinski definition) is 1. The Morgan fingerprint density at radius 3 is 2.70 bits per heavy atom. The number of ether oxygens (including phenoxy) is 1. The fraction of sp³-hybridized carbons (Fsp3) is 0.125. The van der Waals surface area contributed by atoms with Gasteiger partial charge in [-0.15, -0.1) is 5.10 Å². The van der Waals surface area contributed by atoms with Crippen LogP contribution in [0.1, 0.15) is 16.2 Å². The third-order valence-electron chi connectivity index (χ3n) is 3.66. The van der Waals surface area contributed by atoms with Crippen molar-refractivity contribution >= 4 is 23.2 Å². The zero-order chi connectivity index (χ0) is 19.4. The van der Waals surface area contributed by atoms with Gasteiger partial charge >= 0.3 is 0 Å². The number of nitro groups is 1. The van der Waals surface area contributed by atoms with Crippen LogP contribution in [0.25, 0.3) is 5.69 Å². The molecule has 0 aliphatic rings. The zero-order valence-corrected chi connectivity index (χ0v) is 14.8. The number of amides is 1. The van der Waals surface area contributed by atoms with Crippen molar-refractivity contribution in [1.29, 1.82) is 0 Å². The first-order valence-corrected chi connectivity index (χ1v) is 8.01. The fourth-order valence-corrected chi connectivity index (χ4v) is 2.50. The van der Waals surface area contributed by atoms with Crippen molar-refractivity contribution in [2.45, 2.75) is 6.54 Å². The number of hydrogen-bond acceptors (Lipinski definition) is 7. The average Bonchev–Trinajstić information content (AvgIpc) is 3.15. The van der Waals surface area contributed by atoms with Crippen molar-refractivity contribution < 1.29 is 14.5 Å². The van der Waals surface area contributed by atoms with Crippen LogP contribution in [-0.4, -0.2) is 38.1 Å². The lowest BCUT2D eigenvalue weighted by Crippen LogP contribution is -2.25. The second kappa shape index (κ2) is 7.79. The number of halogens is 1. The Balaban J connectivity index is 1.76. The van der Waals surface area contributed by atoms with E-state index in [1.165, 1.54) is 16.8 Å². The predicted octanol–water partition coefficient (Wildman–Crippen LogP) is 2.16. The molecule has 0 aliphatic heterocycles. The third kappa shape index (κ3) is 4.01. The number of nitrogens with one attached hydrogen (secondary N) is 1. The molecule has 3 rings (SSSR count). The van der Waals surface area contributed by atoms with Crippen LogP contribution in [-0.2, 0) is 6.54 Å². The van der Waals surface area contributed by atoms with Gasteiger partial charge in [-0.3, -0.25) is 14.9 Å². The van der Waals surface area contributed by atoms with Gasteiger partial charge in [0.15, 0.2) is 5.82 Å². The predicted molar refractivity (Wildman–Crippen MR) is 95.0 cm³/mol. The lowest BCUT2D eigenvalue weighted by atomic mass is 10.2. The average molecular weight is 389 g/mol. The number of tetrazole rings is 1. The van der Waals surface area contributed by atoms with E-state index in [2.05, 4.69) is 20.8 Å². The standard InChI is InChI=1S/C16H13ClN6O4/c1-27-12-5-2-10(3-6-12)22-15(19-20-21-22)9-18-16(24)13-8-11(23(25)26)4-7-14(13)17/h2-8H,9H2,1H3,(H,18,24). The Bertz CT molecular complexity index is 989. The highest BCUT2D eigenvalue weighted by molar-refractivity contribution is 6.33. The molecule has 0 bridgehead atoms. The molecule has 138 valence electrons. The van der Waals surface area contributed by atoms with Gasteiger partial charge in [-0.2, -0.15) is 4.68 Å². The van der Waals surface area contributed by atoms with Crippen molar-refractivity contribution in [3.8, 4) is 11.4 Å². The normalized spacial score (nSPS) is 10.4. The number of carbonyl (C=O) groups excluding carboxylic acids is 1. The minimum absolute atomic E-state index is 0.00309. The summed E-state index contributed by atoms with van der Waals surface area (Å²) in [6.07, 6.45) is 0. The summed E-state index contributed by atoms with van der Waals surface area (Å²) in [7, 11) is 1.56. The molecule has 2 aromatic carbocycles. The summed E-state index contributed by atoms with van der Waals surface area (Å²) in [5, 5.41) is 25.0. The van der Waals surface area contributed by atoms with Crippen LogP contribution >= 0.6 is 11.6 Å². The lowest BCUT2D eigenvalue weighted by Gasteiger charge is -2.08. The smallest absolute Gasteiger partial charge is 0.270 e. The van der Waals surface area contributed by atoms with E-state index in [1.54, 1.807) is 31.4 Å². The first-order chi connectivity index (χ1) is 13.0. The molecule has 1 heterocycles. The molecular weight excluding hydrogens is 376 g/mol. The van der Waals surface area contributed by atoms with E-state index in [0.29, 0.717) is 17.3 Å². The number of benzene rings is 2. The van der Waals surface area contributed by atoms with Crippen LogP contribution in [0.3, 0.4) is 0 Å². The van der Waals surface area contributed by atoms with Crippen molar-refractivity contribution in [1.82, 2.24) is 25.5 Å². The Labute approximate surface area is 157 Å². The van der Waals surface area contributed by atoms with E-state index in [-0.39, 0.29) is 22.8 Å². The maximum atomic E-state index is 12.4. The Morgan fingerprint density at radius 2 is 2.04 bits per heavy atom. The molecule has 0 spiro atoms. The summed E-state index contributed by atoms with van der Waals surface area (Å²) in [5.74, 6) is 0.477. The second-order valence-electron chi connectivity index (χ2n) is 5.31. The van der Waals surface area contributed by atoms with Gasteiger partial charge in [0.05, 0.1) is 34.9 Å². The highest BCUT2D eigenvalue weighted by Crippen LogP contribution is 2.22. The molecule has 0 aliphatic carbocycles. The van der Waals surface area contributed by atoms with Gasteiger partial charge in [0, 0.05) is 12.1 Å². The molecular formula is C16H13ClN6O4. The Morgan fingerprint density at radius 1 is 1.30 bits per heavy atom. The van der Waals surface area contributed by atoms with Crippen molar-refractivity contribution in [2.24, 2.45) is 0 Å². The summed E-state index contributed by atoms with van der Waals surface area (Å²) in [6.45, 7) is -0.00309. The van der Waals surface area contributed by atoms with Crippen LogP contribution in [0.2, 0.25) is 5.02 Å². The van der Waals surface area contributed by atoms with Crippen molar-refractivity contribution in [3.05, 3.63) is 69.0 Å². The number of methoxy groups -OCH3 is 1. The van der Waals surface area contributed by atoms with Gasteiger partial charge in [-0.25, -0.2) is 0 Å². The molecule has 0 saturated heterocycles. The summed E-state index contributed by atoms with van der Waals surface area (Å²) in [4.78, 5) is 22.6.